The SMILES string of the molecule is OCCOCCCNCC(O)c1c(F)cccc1F. The molecular weight excluding hydrogens is 256 g/mol. The number of benzene rings is 1. The van der Waals surface area contributed by atoms with Crippen LogP contribution in [0.5, 0.6) is 0 Å². The molecule has 4 nitrogen and oxygen atoms in total. The molecule has 0 saturated carbocycles. The van der Waals surface area contributed by atoms with Gasteiger partial charge in [0.2, 0.25) is 0 Å². The Balaban J connectivity index is 2.26. The van der Waals surface area contributed by atoms with Crippen LogP contribution in [0.4, 0.5) is 8.78 Å². The predicted octanol–water partition coefficient (Wildman–Crippen LogP) is 0.987. The van der Waals surface area contributed by atoms with Gasteiger partial charge in [-0.3, -0.25) is 0 Å². The lowest BCUT2D eigenvalue weighted by Gasteiger charge is -2.13. The third-order valence-electron chi connectivity index (χ3n) is 2.55. The molecular formula is C13H19F2NO3. The molecule has 0 aliphatic rings. The molecule has 1 unspecified atom stereocenters. The number of ether oxygens (including phenoxy) is 1. The van der Waals surface area contributed by atoms with Gasteiger partial charge in [0.1, 0.15) is 11.6 Å². The molecule has 0 bridgehead atoms. The lowest BCUT2D eigenvalue weighted by atomic mass is 10.1. The van der Waals surface area contributed by atoms with Crippen LogP contribution in [-0.2, 0) is 4.74 Å². The average Bonchev–Trinajstić information content (AvgIpc) is 2.37. The summed E-state index contributed by atoms with van der Waals surface area (Å²) < 4.78 is 31.7. The lowest BCUT2D eigenvalue weighted by Crippen LogP contribution is -2.24. The smallest absolute Gasteiger partial charge is 0.131 e. The van der Waals surface area contributed by atoms with Crippen LogP contribution in [0.25, 0.3) is 0 Å². The zero-order chi connectivity index (χ0) is 14.1. The van der Waals surface area contributed by atoms with Gasteiger partial charge in [-0.05, 0) is 25.1 Å². The minimum Gasteiger partial charge on any atom is -0.394 e. The first-order valence-corrected chi connectivity index (χ1v) is 6.18. The van der Waals surface area contributed by atoms with Crippen molar-refractivity contribution in [2.24, 2.45) is 0 Å². The Bertz CT molecular complexity index is 357. The van der Waals surface area contributed by atoms with E-state index in [1.807, 2.05) is 0 Å². The van der Waals surface area contributed by atoms with Crippen LogP contribution < -0.4 is 5.32 Å². The second kappa shape index (κ2) is 8.92. The zero-order valence-electron chi connectivity index (χ0n) is 10.6. The van der Waals surface area contributed by atoms with Crippen molar-refractivity contribution in [3.8, 4) is 0 Å². The van der Waals surface area contributed by atoms with Crippen molar-refractivity contribution in [3.63, 3.8) is 0 Å². The molecule has 1 aromatic carbocycles. The first kappa shape index (κ1) is 16.0. The average molecular weight is 275 g/mol. The molecule has 0 amide bonds. The molecule has 1 atom stereocenters. The molecule has 0 saturated heterocycles. The van der Waals surface area contributed by atoms with Crippen LogP contribution in [0.1, 0.15) is 18.1 Å². The van der Waals surface area contributed by atoms with Crippen molar-refractivity contribution in [3.05, 3.63) is 35.4 Å². The summed E-state index contributed by atoms with van der Waals surface area (Å²) in [6, 6.07) is 3.49. The fourth-order valence-corrected chi connectivity index (χ4v) is 1.64. The molecule has 3 N–H and O–H groups in total. The van der Waals surface area contributed by atoms with Gasteiger partial charge < -0.3 is 20.3 Å². The Hall–Kier alpha value is -1.08. The highest BCUT2D eigenvalue weighted by Gasteiger charge is 2.16. The van der Waals surface area contributed by atoms with Crippen LogP contribution in [0.2, 0.25) is 0 Å². The molecule has 0 radical (unpaired) electrons. The van der Waals surface area contributed by atoms with Gasteiger partial charge in [0.25, 0.3) is 0 Å². The Morgan fingerprint density at radius 2 is 1.89 bits per heavy atom. The molecule has 0 heterocycles. The molecule has 1 rings (SSSR count). The van der Waals surface area contributed by atoms with E-state index in [4.69, 9.17) is 9.84 Å². The molecule has 6 heteroatoms. The zero-order valence-corrected chi connectivity index (χ0v) is 10.6. The van der Waals surface area contributed by atoms with Crippen molar-refractivity contribution in [2.75, 3.05) is 32.9 Å². The summed E-state index contributed by atoms with van der Waals surface area (Å²) in [7, 11) is 0. The van der Waals surface area contributed by atoms with E-state index in [0.717, 1.165) is 12.1 Å². The van der Waals surface area contributed by atoms with Crippen LogP contribution in [0.15, 0.2) is 18.2 Å². The maximum atomic E-state index is 13.3. The van der Waals surface area contributed by atoms with Gasteiger partial charge in [0, 0.05) is 13.2 Å². The second-order valence-electron chi connectivity index (χ2n) is 4.04. The molecule has 19 heavy (non-hydrogen) atoms. The van der Waals surface area contributed by atoms with Crippen LogP contribution in [0, 0.1) is 11.6 Å². The fourth-order valence-electron chi connectivity index (χ4n) is 1.64. The van der Waals surface area contributed by atoms with E-state index in [1.165, 1.54) is 6.07 Å². The molecule has 1 aromatic rings. The van der Waals surface area contributed by atoms with Gasteiger partial charge in [-0.2, -0.15) is 0 Å². The quantitative estimate of drug-likeness (QED) is 0.588. The number of nitrogens with one attached hydrogen (secondary N) is 1. The summed E-state index contributed by atoms with van der Waals surface area (Å²) in [6.45, 7) is 1.38. The van der Waals surface area contributed by atoms with Crippen LogP contribution >= 0.6 is 0 Å². The number of aliphatic hydroxyl groups excluding tert-OH is 2. The number of hydrogen-bond donors (Lipinski definition) is 3. The maximum absolute atomic E-state index is 13.3. The van der Waals surface area contributed by atoms with Gasteiger partial charge in [-0.15, -0.1) is 0 Å². The highest BCUT2D eigenvalue weighted by Crippen LogP contribution is 2.19. The standard InChI is InChI=1S/C13H19F2NO3/c14-10-3-1-4-11(15)13(10)12(18)9-16-5-2-7-19-8-6-17/h1,3-4,12,16-18H,2,5-9H2. The maximum Gasteiger partial charge on any atom is 0.131 e. The Kier molecular flexibility index (Phi) is 7.50. The highest BCUT2D eigenvalue weighted by molar-refractivity contribution is 5.22. The van der Waals surface area contributed by atoms with E-state index in [2.05, 4.69) is 5.32 Å². The minimum atomic E-state index is -1.22. The number of halogens is 2. The summed E-state index contributed by atoms with van der Waals surface area (Å²) in [6.07, 6.45) is -0.536. The van der Waals surface area contributed by atoms with Gasteiger partial charge in [0.15, 0.2) is 0 Å². The molecule has 0 aliphatic carbocycles. The van der Waals surface area contributed by atoms with Crippen LogP contribution in [0.3, 0.4) is 0 Å². The van der Waals surface area contributed by atoms with Crippen molar-refractivity contribution >= 4 is 0 Å². The molecule has 0 aliphatic heterocycles. The third-order valence-corrected chi connectivity index (χ3v) is 2.55. The third kappa shape index (κ3) is 5.61. The van der Waals surface area contributed by atoms with Crippen molar-refractivity contribution < 1.29 is 23.7 Å². The molecule has 0 fully saturated rings. The van der Waals surface area contributed by atoms with E-state index in [-0.39, 0.29) is 18.7 Å². The van der Waals surface area contributed by atoms with E-state index in [1.54, 1.807) is 0 Å². The molecule has 0 spiro atoms. The summed E-state index contributed by atoms with van der Waals surface area (Å²) in [4.78, 5) is 0. The topological polar surface area (TPSA) is 61.7 Å². The van der Waals surface area contributed by atoms with E-state index < -0.39 is 17.7 Å². The monoisotopic (exact) mass is 275 g/mol. The lowest BCUT2D eigenvalue weighted by molar-refractivity contribution is 0.0898. The number of rotatable bonds is 9. The molecule has 108 valence electrons. The second-order valence-corrected chi connectivity index (χ2v) is 4.04. The van der Waals surface area contributed by atoms with Gasteiger partial charge in [0.05, 0.1) is 24.9 Å². The predicted molar refractivity (Wildman–Crippen MR) is 66.7 cm³/mol. The largest absolute Gasteiger partial charge is 0.394 e. The van der Waals surface area contributed by atoms with E-state index >= 15 is 0 Å². The molecule has 0 aromatic heterocycles. The normalized spacial score (nSPS) is 12.6. The van der Waals surface area contributed by atoms with Gasteiger partial charge in [-0.1, -0.05) is 6.07 Å². The van der Waals surface area contributed by atoms with Crippen molar-refractivity contribution in [1.82, 2.24) is 5.32 Å². The van der Waals surface area contributed by atoms with Gasteiger partial charge >= 0.3 is 0 Å². The summed E-state index contributed by atoms with van der Waals surface area (Å²) >= 11 is 0. The number of aliphatic hydroxyl groups is 2. The summed E-state index contributed by atoms with van der Waals surface area (Å²) in [5, 5.41) is 21.1. The Morgan fingerprint density at radius 1 is 1.21 bits per heavy atom. The number of hydrogen-bond acceptors (Lipinski definition) is 4. The van der Waals surface area contributed by atoms with Crippen molar-refractivity contribution in [1.29, 1.82) is 0 Å². The first-order valence-electron chi connectivity index (χ1n) is 6.18. The Morgan fingerprint density at radius 3 is 2.53 bits per heavy atom. The fraction of sp³-hybridized carbons (Fsp3) is 0.538. The van der Waals surface area contributed by atoms with Gasteiger partial charge in [-0.25, -0.2) is 8.78 Å². The minimum absolute atomic E-state index is 0.0152. The van der Waals surface area contributed by atoms with E-state index in [0.29, 0.717) is 26.2 Å². The highest BCUT2D eigenvalue weighted by atomic mass is 19.1. The summed E-state index contributed by atoms with van der Waals surface area (Å²) in [5.74, 6) is -1.50. The van der Waals surface area contributed by atoms with Crippen LogP contribution in [-0.4, -0.2) is 43.1 Å². The van der Waals surface area contributed by atoms with E-state index in [9.17, 15) is 13.9 Å². The van der Waals surface area contributed by atoms with Crippen molar-refractivity contribution in [2.45, 2.75) is 12.5 Å². The first-order chi connectivity index (χ1) is 9.16. The Labute approximate surface area is 111 Å². The summed E-state index contributed by atoms with van der Waals surface area (Å²) in [5.41, 5.74) is -0.313.